The monoisotopic (exact) mass is 420 g/mol. The maximum Gasteiger partial charge on any atom is 0.201 e. The van der Waals surface area contributed by atoms with E-state index in [-0.39, 0.29) is 29.9 Å². The van der Waals surface area contributed by atoms with Crippen LogP contribution in [0.25, 0.3) is 11.1 Å². The van der Waals surface area contributed by atoms with E-state index in [1.807, 2.05) is 0 Å². The lowest BCUT2D eigenvalue weighted by molar-refractivity contribution is -0.00272. The summed E-state index contributed by atoms with van der Waals surface area (Å²) in [6.07, 6.45) is 8.02. The Morgan fingerprint density at radius 2 is 1.80 bits per heavy atom. The van der Waals surface area contributed by atoms with Crippen LogP contribution in [0.2, 0.25) is 0 Å². The van der Waals surface area contributed by atoms with E-state index in [0.29, 0.717) is 17.7 Å². The van der Waals surface area contributed by atoms with Gasteiger partial charge in [-0.3, -0.25) is 0 Å². The summed E-state index contributed by atoms with van der Waals surface area (Å²) in [5, 5.41) is 0. The third kappa shape index (κ3) is 5.37. The predicted octanol–water partition coefficient (Wildman–Crippen LogP) is 7.40. The lowest BCUT2D eigenvalue weighted by Crippen LogP contribution is -2.25. The molecule has 1 aliphatic heterocycles. The van der Waals surface area contributed by atoms with Crippen LogP contribution in [0.3, 0.4) is 0 Å². The summed E-state index contributed by atoms with van der Waals surface area (Å²) in [7, 11) is 0. The quantitative estimate of drug-likeness (QED) is 0.393. The molecule has 164 valence electrons. The van der Waals surface area contributed by atoms with Crippen molar-refractivity contribution >= 4 is 0 Å². The highest BCUT2D eigenvalue weighted by atomic mass is 19.2. The maximum absolute atomic E-state index is 14.8. The van der Waals surface area contributed by atoms with Gasteiger partial charge in [0.05, 0.1) is 19.3 Å². The highest BCUT2D eigenvalue weighted by molar-refractivity contribution is 5.66. The SMILES string of the molecule is CCCCCCC1CCC(c2ccc(-c3ccc(OCC)c(F)c3F)cc2F)CO1. The maximum atomic E-state index is 14.8. The average molecular weight is 421 g/mol. The zero-order chi connectivity index (χ0) is 21.5. The summed E-state index contributed by atoms with van der Waals surface area (Å²) in [5.74, 6) is -2.63. The van der Waals surface area contributed by atoms with Crippen LogP contribution in [0.5, 0.6) is 5.75 Å². The first-order valence-electron chi connectivity index (χ1n) is 11.1. The number of hydrogen-bond acceptors (Lipinski definition) is 2. The van der Waals surface area contributed by atoms with Crippen molar-refractivity contribution < 1.29 is 22.6 Å². The molecule has 30 heavy (non-hydrogen) atoms. The minimum Gasteiger partial charge on any atom is -0.491 e. The van der Waals surface area contributed by atoms with E-state index in [1.54, 1.807) is 19.1 Å². The second kappa shape index (κ2) is 10.9. The molecule has 5 heteroatoms. The Morgan fingerprint density at radius 1 is 0.967 bits per heavy atom. The van der Waals surface area contributed by atoms with Gasteiger partial charge in [-0.2, -0.15) is 4.39 Å². The first kappa shape index (κ1) is 22.7. The molecule has 2 unspecified atom stereocenters. The lowest BCUT2D eigenvalue weighted by Gasteiger charge is -2.29. The zero-order valence-corrected chi connectivity index (χ0v) is 17.9. The zero-order valence-electron chi connectivity index (χ0n) is 17.9. The molecule has 0 radical (unpaired) electrons. The molecule has 0 saturated carbocycles. The van der Waals surface area contributed by atoms with Crippen LogP contribution in [0.4, 0.5) is 13.2 Å². The van der Waals surface area contributed by atoms with E-state index >= 15 is 0 Å². The van der Waals surface area contributed by atoms with Crippen molar-refractivity contribution in [1.29, 1.82) is 0 Å². The fraction of sp³-hybridized carbons (Fsp3) is 0.520. The van der Waals surface area contributed by atoms with Gasteiger partial charge in [0.1, 0.15) is 5.82 Å². The summed E-state index contributed by atoms with van der Waals surface area (Å²) >= 11 is 0. The van der Waals surface area contributed by atoms with E-state index in [0.717, 1.165) is 19.3 Å². The minimum atomic E-state index is -1.05. The average Bonchev–Trinajstić information content (AvgIpc) is 2.75. The molecule has 3 rings (SSSR count). The van der Waals surface area contributed by atoms with Crippen LogP contribution in [0.1, 0.15) is 70.3 Å². The first-order valence-corrected chi connectivity index (χ1v) is 11.1. The van der Waals surface area contributed by atoms with Gasteiger partial charge >= 0.3 is 0 Å². The summed E-state index contributed by atoms with van der Waals surface area (Å²) < 4.78 is 54.5. The fourth-order valence-corrected chi connectivity index (χ4v) is 4.13. The minimum absolute atomic E-state index is 0.00662. The molecule has 0 aromatic heterocycles. The van der Waals surface area contributed by atoms with Crippen molar-refractivity contribution in [3.63, 3.8) is 0 Å². The summed E-state index contributed by atoms with van der Waals surface area (Å²) in [5.41, 5.74) is 0.907. The molecule has 1 saturated heterocycles. The van der Waals surface area contributed by atoms with Crippen molar-refractivity contribution in [2.24, 2.45) is 0 Å². The van der Waals surface area contributed by atoms with Gasteiger partial charge in [-0.15, -0.1) is 0 Å². The van der Waals surface area contributed by atoms with Gasteiger partial charge in [0.15, 0.2) is 11.6 Å². The Hall–Kier alpha value is -2.01. The van der Waals surface area contributed by atoms with E-state index in [1.165, 1.54) is 43.9 Å². The Morgan fingerprint density at radius 3 is 2.47 bits per heavy atom. The second-order valence-corrected chi connectivity index (χ2v) is 7.99. The molecule has 0 N–H and O–H groups in total. The normalized spacial score (nSPS) is 19.1. The standard InChI is InChI=1S/C25H31F3O2/c1-3-5-6-7-8-19-11-9-18(16-30-19)20-12-10-17(15-22(20)26)21-13-14-23(29-4-2)25(28)24(21)27/h10,12-15,18-19H,3-9,11,16H2,1-2H3. The summed E-state index contributed by atoms with van der Waals surface area (Å²) in [6.45, 7) is 4.63. The van der Waals surface area contributed by atoms with Gasteiger partial charge in [0, 0.05) is 11.5 Å². The number of halogens is 3. The van der Waals surface area contributed by atoms with Crippen molar-refractivity contribution in [3.8, 4) is 16.9 Å². The van der Waals surface area contributed by atoms with Gasteiger partial charge in [-0.1, -0.05) is 44.7 Å². The molecule has 1 aliphatic rings. The third-order valence-electron chi connectivity index (χ3n) is 5.85. The molecule has 0 aliphatic carbocycles. The predicted molar refractivity (Wildman–Crippen MR) is 113 cm³/mol. The molecular weight excluding hydrogens is 389 g/mol. The van der Waals surface area contributed by atoms with Gasteiger partial charge in [0.25, 0.3) is 0 Å². The molecule has 0 amide bonds. The Bertz CT molecular complexity index is 829. The van der Waals surface area contributed by atoms with Crippen molar-refractivity contribution in [2.75, 3.05) is 13.2 Å². The van der Waals surface area contributed by atoms with E-state index in [4.69, 9.17) is 9.47 Å². The molecule has 0 spiro atoms. The Balaban J connectivity index is 1.66. The van der Waals surface area contributed by atoms with Crippen LogP contribution in [-0.2, 0) is 4.74 Å². The molecule has 2 nitrogen and oxygen atoms in total. The third-order valence-corrected chi connectivity index (χ3v) is 5.85. The fourth-order valence-electron chi connectivity index (χ4n) is 4.13. The molecule has 1 heterocycles. The van der Waals surface area contributed by atoms with Crippen LogP contribution in [0, 0.1) is 17.5 Å². The van der Waals surface area contributed by atoms with Crippen molar-refractivity contribution in [2.45, 2.75) is 70.8 Å². The number of hydrogen-bond donors (Lipinski definition) is 0. The van der Waals surface area contributed by atoms with Crippen LogP contribution >= 0.6 is 0 Å². The van der Waals surface area contributed by atoms with E-state index in [2.05, 4.69) is 6.92 Å². The number of benzene rings is 2. The molecule has 2 aromatic rings. The molecule has 0 bridgehead atoms. The highest BCUT2D eigenvalue weighted by Gasteiger charge is 2.25. The molecule has 1 fully saturated rings. The Labute approximate surface area is 177 Å². The second-order valence-electron chi connectivity index (χ2n) is 7.99. The smallest absolute Gasteiger partial charge is 0.201 e. The topological polar surface area (TPSA) is 18.5 Å². The van der Waals surface area contributed by atoms with Crippen molar-refractivity contribution in [3.05, 3.63) is 53.3 Å². The Kier molecular flexibility index (Phi) is 8.20. The molecule has 2 atom stereocenters. The number of unbranched alkanes of at least 4 members (excludes halogenated alkanes) is 3. The largest absolute Gasteiger partial charge is 0.491 e. The summed E-state index contributed by atoms with van der Waals surface area (Å²) in [4.78, 5) is 0. The molecular formula is C25H31F3O2. The number of ether oxygens (including phenoxy) is 2. The van der Waals surface area contributed by atoms with Gasteiger partial charge in [-0.25, -0.2) is 8.78 Å². The van der Waals surface area contributed by atoms with E-state index < -0.39 is 17.5 Å². The summed E-state index contributed by atoms with van der Waals surface area (Å²) in [6, 6.07) is 7.40. The molecule has 2 aromatic carbocycles. The van der Waals surface area contributed by atoms with Crippen LogP contribution in [0.15, 0.2) is 30.3 Å². The highest BCUT2D eigenvalue weighted by Crippen LogP contribution is 2.35. The van der Waals surface area contributed by atoms with E-state index in [9.17, 15) is 13.2 Å². The van der Waals surface area contributed by atoms with Gasteiger partial charge in [0.2, 0.25) is 5.82 Å². The van der Waals surface area contributed by atoms with Crippen molar-refractivity contribution in [1.82, 2.24) is 0 Å². The van der Waals surface area contributed by atoms with Crippen LogP contribution in [-0.4, -0.2) is 19.3 Å². The number of rotatable bonds is 9. The van der Waals surface area contributed by atoms with Crippen LogP contribution < -0.4 is 4.74 Å². The van der Waals surface area contributed by atoms with Gasteiger partial charge in [-0.05, 0) is 55.5 Å². The lowest BCUT2D eigenvalue weighted by atomic mass is 9.88. The first-order chi connectivity index (χ1) is 14.5. The van der Waals surface area contributed by atoms with Gasteiger partial charge < -0.3 is 9.47 Å².